The summed E-state index contributed by atoms with van der Waals surface area (Å²) < 4.78 is 23.9. The zero-order chi connectivity index (χ0) is 24.1. The lowest BCUT2D eigenvalue weighted by molar-refractivity contribution is -0.136. The molecule has 0 aromatic heterocycles. The van der Waals surface area contributed by atoms with Gasteiger partial charge in [0.05, 0.1) is 19.3 Å². The highest BCUT2D eigenvalue weighted by Crippen LogP contribution is 2.32. The van der Waals surface area contributed by atoms with Crippen molar-refractivity contribution >= 4 is 23.1 Å². The maximum Gasteiger partial charge on any atom is 0.278 e. The van der Waals surface area contributed by atoms with Crippen LogP contribution in [0.4, 0.5) is 10.1 Å². The number of amides is 2. The summed E-state index contributed by atoms with van der Waals surface area (Å²) in [6.45, 7) is 2.63. The van der Waals surface area contributed by atoms with Gasteiger partial charge in [0, 0.05) is 12.2 Å². The number of anilines is 1. The predicted molar refractivity (Wildman–Crippen MR) is 128 cm³/mol. The lowest BCUT2D eigenvalue weighted by atomic mass is 10.0. The van der Waals surface area contributed by atoms with Crippen LogP contribution in [0.25, 0.3) is 5.57 Å². The van der Waals surface area contributed by atoms with Crippen LogP contribution in [0.2, 0.25) is 0 Å². The number of imide groups is 1. The van der Waals surface area contributed by atoms with E-state index in [1.165, 1.54) is 17.0 Å². The molecule has 1 heterocycles. The van der Waals surface area contributed by atoms with Crippen molar-refractivity contribution in [2.45, 2.75) is 13.3 Å². The molecule has 0 bridgehead atoms. The lowest BCUT2D eigenvalue weighted by Gasteiger charge is -2.15. The van der Waals surface area contributed by atoms with Crippen molar-refractivity contribution in [1.82, 2.24) is 4.90 Å². The van der Waals surface area contributed by atoms with Gasteiger partial charge in [0.15, 0.2) is 0 Å². The van der Waals surface area contributed by atoms with E-state index in [9.17, 15) is 14.0 Å². The molecule has 1 aliphatic rings. The van der Waals surface area contributed by atoms with Gasteiger partial charge in [0.25, 0.3) is 11.8 Å². The van der Waals surface area contributed by atoms with Crippen molar-refractivity contribution in [2.75, 3.05) is 25.6 Å². The van der Waals surface area contributed by atoms with E-state index in [0.717, 1.165) is 5.56 Å². The molecule has 1 aliphatic heterocycles. The molecule has 1 N–H and O–H groups in total. The molecule has 0 saturated carbocycles. The second-order valence-corrected chi connectivity index (χ2v) is 7.70. The fourth-order valence-corrected chi connectivity index (χ4v) is 3.76. The normalized spacial score (nSPS) is 13.4. The van der Waals surface area contributed by atoms with Gasteiger partial charge in [-0.3, -0.25) is 14.5 Å². The molecule has 3 aromatic rings. The maximum atomic E-state index is 13.4. The summed E-state index contributed by atoms with van der Waals surface area (Å²) in [7, 11) is 1.56. The predicted octanol–water partition coefficient (Wildman–Crippen LogP) is 4.67. The summed E-state index contributed by atoms with van der Waals surface area (Å²) in [5.41, 5.74) is 2.60. The largest absolute Gasteiger partial charge is 0.497 e. The summed E-state index contributed by atoms with van der Waals surface area (Å²) in [6.07, 6.45) is 0.421. The average Bonchev–Trinajstić information content (AvgIpc) is 3.09. The number of hydrogen-bond donors (Lipinski definition) is 1. The Morgan fingerprint density at radius 2 is 1.50 bits per heavy atom. The van der Waals surface area contributed by atoms with Gasteiger partial charge in [-0.15, -0.1) is 0 Å². The smallest absolute Gasteiger partial charge is 0.278 e. The van der Waals surface area contributed by atoms with Crippen molar-refractivity contribution < 1.29 is 23.5 Å². The fourth-order valence-electron chi connectivity index (χ4n) is 3.76. The molecule has 0 atom stereocenters. The Hall–Kier alpha value is -4.13. The van der Waals surface area contributed by atoms with Crippen molar-refractivity contribution in [2.24, 2.45) is 0 Å². The molecule has 3 aromatic carbocycles. The molecule has 174 valence electrons. The second-order valence-electron chi connectivity index (χ2n) is 7.70. The molecule has 0 fully saturated rings. The van der Waals surface area contributed by atoms with E-state index in [-0.39, 0.29) is 24.0 Å². The van der Waals surface area contributed by atoms with Crippen LogP contribution in [0.3, 0.4) is 0 Å². The summed E-state index contributed by atoms with van der Waals surface area (Å²) in [5.74, 6) is 0.238. The van der Waals surface area contributed by atoms with Crippen LogP contribution in [-0.2, 0) is 16.0 Å². The SMILES string of the molecule is CCOc1ccc(NC2=C(c3ccc(OC)cc3)C(=O)N(CCc3ccc(F)cc3)C2=O)cc1. The summed E-state index contributed by atoms with van der Waals surface area (Å²) in [6, 6.07) is 20.2. The Kier molecular flexibility index (Phi) is 6.92. The van der Waals surface area contributed by atoms with E-state index in [4.69, 9.17) is 9.47 Å². The van der Waals surface area contributed by atoms with Gasteiger partial charge in [0.2, 0.25) is 0 Å². The molecule has 34 heavy (non-hydrogen) atoms. The number of hydrogen-bond acceptors (Lipinski definition) is 5. The van der Waals surface area contributed by atoms with Crippen LogP contribution in [-0.4, -0.2) is 37.0 Å². The van der Waals surface area contributed by atoms with Gasteiger partial charge < -0.3 is 14.8 Å². The van der Waals surface area contributed by atoms with Crippen LogP contribution in [0, 0.1) is 5.82 Å². The Labute approximate surface area is 197 Å². The Morgan fingerprint density at radius 3 is 2.12 bits per heavy atom. The minimum absolute atomic E-state index is 0.178. The van der Waals surface area contributed by atoms with E-state index in [1.54, 1.807) is 67.8 Å². The number of halogens is 1. The summed E-state index contributed by atoms with van der Waals surface area (Å²) in [5, 5.41) is 3.13. The van der Waals surface area contributed by atoms with Gasteiger partial charge in [-0.25, -0.2) is 4.39 Å². The Morgan fingerprint density at radius 1 is 0.853 bits per heavy atom. The van der Waals surface area contributed by atoms with Gasteiger partial charge in [-0.1, -0.05) is 24.3 Å². The number of ether oxygens (including phenoxy) is 2. The van der Waals surface area contributed by atoms with E-state index < -0.39 is 5.91 Å². The third-order valence-corrected chi connectivity index (χ3v) is 5.52. The van der Waals surface area contributed by atoms with Gasteiger partial charge in [-0.05, 0) is 73.0 Å². The number of nitrogens with one attached hydrogen (secondary N) is 1. The monoisotopic (exact) mass is 460 g/mol. The maximum absolute atomic E-state index is 13.4. The van der Waals surface area contributed by atoms with Crippen molar-refractivity contribution in [3.05, 3.63) is 95.4 Å². The van der Waals surface area contributed by atoms with E-state index in [2.05, 4.69) is 5.32 Å². The Balaban J connectivity index is 1.63. The minimum atomic E-state index is -0.410. The van der Waals surface area contributed by atoms with Crippen LogP contribution in [0.1, 0.15) is 18.1 Å². The molecule has 0 radical (unpaired) electrons. The number of carbonyl (C=O) groups is 2. The molecule has 0 spiro atoms. The van der Waals surface area contributed by atoms with E-state index in [1.807, 2.05) is 6.92 Å². The number of methoxy groups -OCH3 is 1. The van der Waals surface area contributed by atoms with Gasteiger partial charge in [0.1, 0.15) is 23.0 Å². The molecular weight excluding hydrogens is 435 g/mol. The van der Waals surface area contributed by atoms with Crippen LogP contribution in [0.5, 0.6) is 11.5 Å². The number of rotatable bonds is 9. The highest BCUT2D eigenvalue weighted by atomic mass is 19.1. The van der Waals surface area contributed by atoms with Crippen molar-refractivity contribution in [3.8, 4) is 11.5 Å². The lowest BCUT2D eigenvalue weighted by Crippen LogP contribution is -2.34. The zero-order valence-electron chi connectivity index (χ0n) is 19.0. The van der Waals surface area contributed by atoms with Crippen LogP contribution >= 0.6 is 0 Å². The van der Waals surface area contributed by atoms with Crippen molar-refractivity contribution in [1.29, 1.82) is 0 Å². The number of nitrogens with zero attached hydrogens (tertiary/aromatic N) is 1. The second kappa shape index (κ2) is 10.2. The van der Waals surface area contributed by atoms with E-state index in [0.29, 0.717) is 41.4 Å². The molecule has 4 rings (SSSR count). The topological polar surface area (TPSA) is 67.9 Å². The molecule has 7 heteroatoms. The number of carbonyl (C=O) groups excluding carboxylic acids is 2. The first-order valence-corrected chi connectivity index (χ1v) is 11.0. The standard InChI is InChI=1S/C27H25FN2O4/c1-3-34-23-14-10-21(11-15-23)29-25-24(19-6-12-22(33-2)13-7-19)26(31)30(27(25)32)17-16-18-4-8-20(28)9-5-18/h4-15,29H,3,16-17H2,1-2H3. The molecule has 2 amide bonds. The van der Waals surface area contributed by atoms with Crippen LogP contribution in [0.15, 0.2) is 78.5 Å². The number of benzene rings is 3. The van der Waals surface area contributed by atoms with Gasteiger partial charge >= 0.3 is 0 Å². The molecule has 0 unspecified atom stereocenters. The van der Waals surface area contributed by atoms with Crippen LogP contribution < -0.4 is 14.8 Å². The summed E-state index contributed by atoms with van der Waals surface area (Å²) in [4.78, 5) is 28.0. The minimum Gasteiger partial charge on any atom is -0.497 e. The molecular formula is C27H25FN2O4. The zero-order valence-corrected chi connectivity index (χ0v) is 19.0. The third kappa shape index (κ3) is 4.93. The third-order valence-electron chi connectivity index (χ3n) is 5.52. The first kappa shape index (κ1) is 23.0. The highest BCUT2D eigenvalue weighted by molar-refractivity contribution is 6.36. The highest BCUT2D eigenvalue weighted by Gasteiger charge is 2.39. The Bertz CT molecular complexity index is 1200. The average molecular weight is 461 g/mol. The van der Waals surface area contributed by atoms with E-state index >= 15 is 0 Å². The first-order chi connectivity index (χ1) is 16.5. The molecule has 0 saturated heterocycles. The quantitative estimate of drug-likeness (QED) is 0.470. The van der Waals surface area contributed by atoms with Crippen molar-refractivity contribution in [3.63, 3.8) is 0 Å². The summed E-state index contributed by atoms with van der Waals surface area (Å²) >= 11 is 0. The fraction of sp³-hybridized carbons (Fsp3) is 0.185. The molecule has 0 aliphatic carbocycles. The van der Waals surface area contributed by atoms with Gasteiger partial charge in [-0.2, -0.15) is 0 Å². The molecule has 6 nitrogen and oxygen atoms in total. The first-order valence-electron chi connectivity index (χ1n) is 11.0.